The van der Waals surface area contributed by atoms with Crippen LogP contribution in [0.3, 0.4) is 0 Å². The number of thioether (sulfide) groups is 1. The standard InChI is InChI=1S/C13H17NO4S2/c1-9(8-13(15)16)19-11-4-2-3-5-12(11)20(17,18)14-10-6-7-10/h2-5,9-10,14H,6-8H2,1H3,(H,15,16). The molecule has 1 saturated carbocycles. The van der Waals surface area contributed by atoms with Gasteiger partial charge in [0.1, 0.15) is 0 Å². The first-order valence-corrected chi connectivity index (χ1v) is 8.74. The number of nitrogens with one attached hydrogen (secondary N) is 1. The van der Waals surface area contributed by atoms with Crippen LogP contribution in [0.5, 0.6) is 0 Å². The molecular weight excluding hydrogens is 298 g/mol. The molecule has 1 aromatic rings. The molecule has 0 saturated heterocycles. The van der Waals surface area contributed by atoms with E-state index in [0.29, 0.717) is 4.90 Å². The van der Waals surface area contributed by atoms with Crippen LogP contribution in [0.15, 0.2) is 34.1 Å². The fraction of sp³-hybridized carbons (Fsp3) is 0.462. The lowest BCUT2D eigenvalue weighted by molar-refractivity contribution is -0.136. The van der Waals surface area contributed by atoms with E-state index in [1.807, 2.05) is 0 Å². The van der Waals surface area contributed by atoms with E-state index in [-0.39, 0.29) is 22.6 Å². The fourth-order valence-corrected chi connectivity index (χ4v) is 4.62. The number of hydrogen-bond acceptors (Lipinski definition) is 4. The maximum absolute atomic E-state index is 12.3. The monoisotopic (exact) mass is 315 g/mol. The van der Waals surface area contributed by atoms with E-state index in [4.69, 9.17) is 5.11 Å². The summed E-state index contributed by atoms with van der Waals surface area (Å²) in [6.07, 6.45) is 1.75. The van der Waals surface area contributed by atoms with E-state index < -0.39 is 16.0 Å². The van der Waals surface area contributed by atoms with Gasteiger partial charge in [-0.2, -0.15) is 0 Å². The molecule has 0 bridgehead atoms. The van der Waals surface area contributed by atoms with Crippen molar-refractivity contribution in [3.8, 4) is 0 Å². The van der Waals surface area contributed by atoms with Crippen molar-refractivity contribution in [3.05, 3.63) is 24.3 Å². The Morgan fingerprint density at radius 3 is 2.70 bits per heavy atom. The lowest BCUT2D eigenvalue weighted by atomic mass is 10.3. The maximum atomic E-state index is 12.3. The second-order valence-electron chi connectivity index (χ2n) is 4.87. The van der Waals surface area contributed by atoms with Crippen LogP contribution in [0.4, 0.5) is 0 Å². The Morgan fingerprint density at radius 2 is 2.10 bits per heavy atom. The van der Waals surface area contributed by atoms with Gasteiger partial charge in [-0.3, -0.25) is 4.79 Å². The van der Waals surface area contributed by atoms with E-state index in [0.717, 1.165) is 12.8 Å². The molecule has 0 amide bonds. The molecule has 1 aromatic carbocycles. The third kappa shape index (κ3) is 4.22. The molecule has 2 rings (SSSR count). The van der Waals surface area contributed by atoms with Crippen molar-refractivity contribution < 1.29 is 18.3 Å². The van der Waals surface area contributed by atoms with Gasteiger partial charge in [0.15, 0.2) is 0 Å². The van der Waals surface area contributed by atoms with Crippen molar-refractivity contribution in [2.75, 3.05) is 0 Å². The predicted molar refractivity (Wildman–Crippen MR) is 77.4 cm³/mol. The lowest BCUT2D eigenvalue weighted by Gasteiger charge is -2.13. The highest BCUT2D eigenvalue weighted by Gasteiger charge is 2.29. The first kappa shape index (κ1) is 15.3. The highest BCUT2D eigenvalue weighted by molar-refractivity contribution is 8.00. The topological polar surface area (TPSA) is 83.5 Å². The molecule has 1 unspecified atom stereocenters. The van der Waals surface area contributed by atoms with Crippen molar-refractivity contribution in [1.29, 1.82) is 0 Å². The zero-order chi connectivity index (χ0) is 14.8. The number of sulfonamides is 1. The van der Waals surface area contributed by atoms with Crippen LogP contribution in [0.2, 0.25) is 0 Å². The number of aliphatic carboxylic acids is 1. The van der Waals surface area contributed by atoms with Crippen LogP contribution in [0.1, 0.15) is 26.2 Å². The second-order valence-corrected chi connectivity index (χ2v) is 8.03. The summed E-state index contributed by atoms with van der Waals surface area (Å²) >= 11 is 1.27. The van der Waals surface area contributed by atoms with Crippen LogP contribution in [0, 0.1) is 0 Å². The summed E-state index contributed by atoms with van der Waals surface area (Å²) in [6.45, 7) is 1.77. The van der Waals surface area contributed by atoms with E-state index >= 15 is 0 Å². The quantitative estimate of drug-likeness (QED) is 0.753. The Kier molecular flexibility index (Phi) is 4.72. The highest BCUT2D eigenvalue weighted by atomic mass is 32.2. The molecular formula is C13H17NO4S2. The Morgan fingerprint density at radius 1 is 1.45 bits per heavy atom. The van der Waals surface area contributed by atoms with Crippen molar-refractivity contribution in [1.82, 2.24) is 4.72 Å². The summed E-state index contributed by atoms with van der Waals surface area (Å²) < 4.78 is 27.2. The molecule has 7 heteroatoms. The molecule has 0 radical (unpaired) electrons. The van der Waals surface area contributed by atoms with Crippen LogP contribution in [-0.4, -0.2) is 30.8 Å². The van der Waals surface area contributed by atoms with Crippen molar-refractivity contribution in [2.45, 2.75) is 47.3 Å². The van der Waals surface area contributed by atoms with Crippen LogP contribution in [0.25, 0.3) is 0 Å². The zero-order valence-electron chi connectivity index (χ0n) is 11.1. The van der Waals surface area contributed by atoms with Gasteiger partial charge in [-0.15, -0.1) is 11.8 Å². The largest absolute Gasteiger partial charge is 0.481 e. The molecule has 1 aliphatic carbocycles. The Labute approximate surface area is 122 Å². The van der Waals surface area contributed by atoms with Gasteiger partial charge in [-0.1, -0.05) is 19.1 Å². The van der Waals surface area contributed by atoms with Gasteiger partial charge in [0.05, 0.1) is 11.3 Å². The van der Waals surface area contributed by atoms with Crippen molar-refractivity contribution in [2.24, 2.45) is 0 Å². The molecule has 5 nitrogen and oxygen atoms in total. The van der Waals surface area contributed by atoms with Gasteiger partial charge in [-0.25, -0.2) is 13.1 Å². The summed E-state index contributed by atoms with van der Waals surface area (Å²) in [5.41, 5.74) is 0. The van der Waals surface area contributed by atoms with Gasteiger partial charge in [0.25, 0.3) is 0 Å². The van der Waals surface area contributed by atoms with Crippen molar-refractivity contribution >= 4 is 27.8 Å². The average Bonchev–Trinajstić information content (AvgIpc) is 3.11. The fourth-order valence-electron chi connectivity index (χ4n) is 1.76. The van der Waals surface area contributed by atoms with Crippen LogP contribution < -0.4 is 4.72 Å². The maximum Gasteiger partial charge on any atom is 0.304 e. The van der Waals surface area contributed by atoms with E-state index in [1.165, 1.54) is 11.8 Å². The predicted octanol–water partition coefficient (Wildman–Crippen LogP) is 2.08. The zero-order valence-corrected chi connectivity index (χ0v) is 12.7. The summed E-state index contributed by atoms with van der Waals surface area (Å²) in [4.78, 5) is 11.5. The molecule has 0 spiro atoms. The first-order chi connectivity index (χ1) is 9.38. The Balaban J connectivity index is 2.19. The molecule has 1 aliphatic rings. The molecule has 2 N–H and O–H groups in total. The van der Waals surface area contributed by atoms with Gasteiger partial charge in [0.2, 0.25) is 10.0 Å². The van der Waals surface area contributed by atoms with E-state index in [9.17, 15) is 13.2 Å². The number of benzene rings is 1. The van der Waals surface area contributed by atoms with E-state index in [2.05, 4.69) is 4.72 Å². The molecule has 0 aromatic heterocycles. The minimum Gasteiger partial charge on any atom is -0.481 e. The Bertz CT molecular complexity index is 596. The number of hydrogen-bond donors (Lipinski definition) is 2. The van der Waals surface area contributed by atoms with Gasteiger partial charge in [0, 0.05) is 16.2 Å². The third-order valence-electron chi connectivity index (χ3n) is 2.83. The number of rotatable bonds is 7. The summed E-state index contributed by atoms with van der Waals surface area (Å²) in [7, 11) is -3.52. The smallest absolute Gasteiger partial charge is 0.304 e. The Hall–Kier alpha value is -1.05. The third-order valence-corrected chi connectivity index (χ3v) is 5.71. The van der Waals surface area contributed by atoms with Gasteiger partial charge in [-0.05, 0) is 25.0 Å². The number of carbonyl (C=O) groups is 1. The normalized spacial score (nSPS) is 16.9. The molecule has 0 heterocycles. The average molecular weight is 315 g/mol. The highest BCUT2D eigenvalue weighted by Crippen LogP contribution is 2.32. The summed E-state index contributed by atoms with van der Waals surface area (Å²) in [5, 5.41) is 8.58. The van der Waals surface area contributed by atoms with Gasteiger partial charge < -0.3 is 5.11 Å². The molecule has 20 heavy (non-hydrogen) atoms. The summed E-state index contributed by atoms with van der Waals surface area (Å²) in [6, 6.07) is 6.75. The first-order valence-electron chi connectivity index (χ1n) is 6.38. The van der Waals surface area contributed by atoms with Crippen LogP contribution in [-0.2, 0) is 14.8 Å². The second kappa shape index (κ2) is 6.15. The molecule has 1 fully saturated rings. The minimum absolute atomic E-state index is 0.00486. The summed E-state index contributed by atoms with van der Waals surface area (Å²) in [5.74, 6) is -0.888. The molecule has 1 atom stereocenters. The minimum atomic E-state index is -3.52. The van der Waals surface area contributed by atoms with E-state index in [1.54, 1.807) is 31.2 Å². The van der Waals surface area contributed by atoms with Gasteiger partial charge >= 0.3 is 5.97 Å². The number of carboxylic acids is 1. The number of carboxylic acid groups (broad SMARTS) is 1. The van der Waals surface area contributed by atoms with Crippen molar-refractivity contribution in [3.63, 3.8) is 0 Å². The molecule has 110 valence electrons. The SMILES string of the molecule is CC(CC(=O)O)Sc1ccccc1S(=O)(=O)NC1CC1. The van der Waals surface area contributed by atoms with Crippen LogP contribution >= 0.6 is 11.8 Å². The lowest BCUT2D eigenvalue weighted by Crippen LogP contribution is -2.26. The molecule has 0 aliphatic heterocycles.